The largest absolute Gasteiger partial charge is 1.00 e. The van der Waals surface area contributed by atoms with E-state index in [1.165, 1.54) is 6.08 Å². The molecule has 3 nitrogen and oxygen atoms in total. The molecule has 0 aliphatic rings. The van der Waals surface area contributed by atoms with Gasteiger partial charge >= 0.3 is 29.6 Å². The standard InChI is InChI=1S/C7H14O3S.Na/c1-2-3-4-5-6-7-11(8,9)10;/h6-7H,2-5H2,1H3,(H,8,9,10);/q;+1/p-1. The number of allylic oxidation sites excluding steroid dienone is 1. The van der Waals surface area contributed by atoms with Crippen molar-refractivity contribution in [2.45, 2.75) is 32.6 Å². The molecule has 0 bridgehead atoms. The normalized spacial score (nSPS) is 11.5. The summed E-state index contributed by atoms with van der Waals surface area (Å²) in [4.78, 5) is 0. The van der Waals surface area contributed by atoms with Crippen molar-refractivity contribution < 1.29 is 42.5 Å². The number of rotatable bonds is 5. The molecule has 0 unspecified atom stereocenters. The second kappa shape index (κ2) is 8.26. The molecule has 0 radical (unpaired) electrons. The molecule has 0 aliphatic heterocycles. The summed E-state index contributed by atoms with van der Waals surface area (Å²) in [5.74, 6) is 0. The molecule has 66 valence electrons. The fourth-order valence-electron chi connectivity index (χ4n) is 0.698. The second-order valence-corrected chi connectivity index (χ2v) is 3.62. The molecule has 0 saturated heterocycles. The summed E-state index contributed by atoms with van der Waals surface area (Å²) in [5.41, 5.74) is 0. The van der Waals surface area contributed by atoms with Gasteiger partial charge in [-0.05, 0) is 12.8 Å². The molecule has 0 aliphatic carbocycles. The topological polar surface area (TPSA) is 57.2 Å². The van der Waals surface area contributed by atoms with Crippen molar-refractivity contribution in [3.63, 3.8) is 0 Å². The van der Waals surface area contributed by atoms with Crippen LogP contribution in [0.3, 0.4) is 0 Å². The molecule has 0 heterocycles. The maximum Gasteiger partial charge on any atom is 1.00 e. The molecule has 0 aromatic carbocycles. The first-order valence-electron chi connectivity index (χ1n) is 3.68. The van der Waals surface area contributed by atoms with Crippen LogP contribution in [-0.2, 0) is 10.1 Å². The number of hydrogen-bond donors (Lipinski definition) is 0. The van der Waals surface area contributed by atoms with Gasteiger partial charge in [-0.1, -0.05) is 25.8 Å². The Labute approximate surface area is 96.3 Å². The maximum atomic E-state index is 10.0. The van der Waals surface area contributed by atoms with Crippen molar-refractivity contribution in [1.29, 1.82) is 0 Å². The molecule has 0 saturated carbocycles. The van der Waals surface area contributed by atoms with E-state index in [0.717, 1.165) is 24.7 Å². The van der Waals surface area contributed by atoms with Crippen LogP contribution in [0.5, 0.6) is 0 Å². The Morgan fingerprint density at radius 3 is 2.33 bits per heavy atom. The van der Waals surface area contributed by atoms with Crippen LogP contribution in [0.25, 0.3) is 0 Å². The summed E-state index contributed by atoms with van der Waals surface area (Å²) in [6, 6.07) is 0. The minimum atomic E-state index is -4.14. The zero-order chi connectivity index (χ0) is 8.74. The summed E-state index contributed by atoms with van der Waals surface area (Å²) in [6.45, 7) is 2.06. The van der Waals surface area contributed by atoms with Gasteiger partial charge in [0.05, 0.1) is 0 Å². The first-order valence-corrected chi connectivity index (χ1v) is 5.16. The Balaban J connectivity index is 0. The van der Waals surface area contributed by atoms with Gasteiger partial charge in [0.2, 0.25) is 0 Å². The minimum absolute atomic E-state index is 0. The van der Waals surface area contributed by atoms with Crippen molar-refractivity contribution in [3.05, 3.63) is 11.5 Å². The van der Waals surface area contributed by atoms with E-state index in [9.17, 15) is 13.0 Å². The third-order valence-corrected chi connectivity index (χ3v) is 1.76. The van der Waals surface area contributed by atoms with E-state index in [2.05, 4.69) is 6.92 Å². The molecule has 0 aromatic heterocycles. The van der Waals surface area contributed by atoms with E-state index < -0.39 is 10.1 Å². The van der Waals surface area contributed by atoms with Crippen molar-refractivity contribution in [3.8, 4) is 0 Å². The van der Waals surface area contributed by atoms with E-state index in [4.69, 9.17) is 0 Å². The fraction of sp³-hybridized carbons (Fsp3) is 0.714. The van der Waals surface area contributed by atoms with Crippen LogP contribution in [0.15, 0.2) is 11.5 Å². The average Bonchev–Trinajstić information content (AvgIpc) is 1.85. The monoisotopic (exact) mass is 200 g/mol. The molecule has 0 rings (SSSR count). The van der Waals surface area contributed by atoms with Gasteiger partial charge in [-0.15, -0.1) is 0 Å². The third kappa shape index (κ3) is 13.3. The van der Waals surface area contributed by atoms with Crippen LogP contribution in [0.4, 0.5) is 0 Å². The molecular formula is C7H13NaO3S. The third-order valence-electron chi connectivity index (χ3n) is 1.24. The first-order chi connectivity index (χ1) is 5.06. The molecule has 0 fully saturated rings. The summed E-state index contributed by atoms with van der Waals surface area (Å²) in [5, 5.41) is 0.725. The van der Waals surface area contributed by atoms with Gasteiger partial charge in [0.15, 0.2) is 0 Å². The van der Waals surface area contributed by atoms with Crippen LogP contribution < -0.4 is 29.6 Å². The Kier molecular flexibility index (Phi) is 10.4. The average molecular weight is 200 g/mol. The van der Waals surface area contributed by atoms with Gasteiger partial charge in [0, 0.05) is 5.41 Å². The maximum absolute atomic E-state index is 10.0. The molecule has 0 aromatic rings. The van der Waals surface area contributed by atoms with Gasteiger partial charge in [-0.2, -0.15) is 0 Å². The Morgan fingerprint density at radius 1 is 1.33 bits per heavy atom. The number of unbranched alkanes of at least 4 members (excludes halogenated alkanes) is 3. The van der Waals surface area contributed by atoms with E-state index >= 15 is 0 Å². The molecule has 0 atom stereocenters. The summed E-state index contributed by atoms with van der Waals surface area (Å²) in [7, 11) is -4.14. The predicted molar refractivity (Wildman–Crippen MR) is 43.0 cm³/mol. The van der Waals surface area contributed by atoms with Crippen LogP contribution in [0, 0.1) is 0 Å². The van der Waals surface area contributed by atoms with Crippen molar-refractivity contribution >= 4 is 10.1 Å². The number of hydrogen-bond acceptors (Lipinski definition) is 3. The molecule has 5 heteroatoms. The predicted octanol–water partition coefficient (Wildman–Crippen LogP) is -1.37. The Bertz CT molecular complexity index is 209. The van der Waals surface area contributed by atoms with E-state index in [1.807, 2.05) is 0 Å². The van der Waals surface area contributed by atoms with Crippen LogP contribution in [0.1, 0.15) is 32.6 Å². The van der Waals surface area contributed by atoms with Gasteiger partial charge in [0.1, 0.15) is 10.1 Å². The summed E-state index contributed by atoms with van der Waals surface area (Å²) < 4.78 is 30.1. The van der Waals surface area contributed by atoms with Crippen LogP contribution in [-0.4, -0.2) is 13.0 Å². The van der Waals surface area contributed by atoms with Crippen molar-refractivity contribution in [2.24, 2.45) is 0 Å². The zero-order valence-electron chi connectivity index (χ0n) is 7.62. The Hall–Kier alpha value is 0.650. The van der Waals surface area contributed by atoms with Crippen molar-refractivity contribution in [1.82, 2.24) is 0 Å². The molecule has 0 spiro atoms. The first kappa shape index (κ1) is 15.1. The Morgan fingerprint density at radius 2 is 1.92 bits per heavy atom. The van der Waals surface area contributed by atoms with E-state index in [0.29, 0.717) is 6.42 Å². The summed E-state index contributed by atoms with van der Waals surface area (Å²) in [6.07, 6.45) is 5.21. The quantitative estimate of drug-likeness (QED) is 0.312. The van der Waals surface area contributed by atoms with E-state index in [-0.39, 0.29) is 29.6 Å². The smallest absolute Gasteiger partial charge is 0.744 e. The van der Waals surface area contributed by atoms with Crippen LogP contribution >= 0.6 is 0 Å². The summed E-state index contributed by atoms with van der Waals surface area (Å²) >= 11 is 0. The minimum Gasteiger partial charge on any atom is -0.744 e. The van der Waals surface area contributed by atoms with Crippen LogP contribution in [0.2, 0.25) is 0 Å². The van der Waals surface area contributed by atoms with Crippen molar-refractivity contribution in [2.75, 3.05) is 0 Å². The second-order valence-electron chi connectivity index (χ2n) is 2.36. The van der Waals surface area contributed by atoms with Gasteiger partial charge < -0.3 is 4.55 Å². The van der Waals surface area contributed by atoms with Gasteiger partial charge in [0.25, 0.3) is 0 Å². The fourth-order valence-corrected chi connectivity index (χ4v) is 1.07. The molecule has 12 heavy (non-hydrogen) atoms. The SMILES string of the molecule is CCCCCC=CS(=O)(=O)[O-].[Na+]. The molecule has 0 amide bonds. The zero-order valence-corrected chi connectivity index (χ0v) is 10.4. The molecule has 0 N–H and O–H groups in total. The van der Waals surface area contributed by atoms with Gasteiger partial charge in [-0.3, -0.25) is 0 Å². The molecular weight excluding hydrogens is 187 g/mol. The van der Waals surface area contributed by atoms with Gasteiger partial charge in [-0.25, -0.2) is 8.42 Å². The van der Waals surface area contributed by atoms with E-state index in [1.54, 1.807) is 0 Å².